The molecule has 2 saturated heterocycles. The topological polar surface area (TPSA) is 104 Å². The summed E-state index contributed by atoms with van der Waals surface area (Å²) in [6.45, 7) is 8.54. The van der Waals surface area contributed by atoms with Gasteiger partial charge in [0.05, 0.1) is 17.4 Å². The second-order valence-electron chi connectivity index (χ2n) is 8.55. The van der Waals surface area contributed by atoms with Crippen molar-refractivity contribution in [2.75, 3.05) is 37.7 Å². The van der Waals surface area contributed by atoms with Gasteiger partial charge < -0.3 is 15.1 Å². The maximum atomic E-state index is 12.6. The molecule has 2 unspecified atom stereocenters. The van der Waals surface area contributed by atoms with Gasteiger partial charge >= 0.3 is 0 Å². The largest absolute Gasteiger partial charge is 0.344 e. The van der Waals surface area contributed by atoms with Gasteiger partial charge in [-0.25, -0.2) is 8.42 Å². The molecule has 154 valence electrons. The first-order valence-corrected chi connectivity index (χ1v) is 11.3. The number of carbonyl (C=O) groups is 3. The summed E-state index contributed by atoms with van der Waals surface area (Å²) in [4.78, 5) is 40.8. The molecule has 0 aromatic rings. The van der Waals surface area contributed by atoms with Gasteiger partial charge in [-0.2, -0.15) is 0 Å². The zero-order valence-corrected chi connectivity index (χ0v) is 17.5. The zero-order chi connectivity index (χ0) is 20.4. The molecule has 0 aromatic carbocycles. The molecule has 0 radical (unpaired) electrons. The lowest BCUT2D eigenvalue weighted by atomic mass is 9.91. The van der Waals surface area contributed by atoms with Crippen molar-refractivity contribution in [3.63, 3.8) is 0 Å². The fraction of sp³-hybridized carbons (Fsp3) is 0.833. The van der Waals surface area contributed by atoms with Crippen LogP contribution in [0, 0.1) is 11.3 Å². The van der Waals surface area contributed by atoms with Crippen molar-refractivity contribution >= 4 is 27.6 Å². The summed E-state index contributed by atoms with van der Waals surface area (Å²) >= 11 is 0. The molecule has 2 heterocycles. The lowest BCUT2D eigenvalue weighted by molar-refractivity contribution is -0.144. The molecule has 0 saturated carbocycles. The van der Waals surface area contributed by atoms with Crippen molar-refractivity contribution in [3.05, 3.63) is 0 Å². The summed E-state index contributed by atoms with van der Waals surface area (Å²) in [6, 6.07) is -0.716. The monoisotopic (exact) mass is 401 g/mol. The predicted molar refractivity (Wildman–Crippen MR) is 102 cm³/mol. The van der Waals surface area contributed by atoms with Crippen molar-refractivity contribution in [2.24, 2.45) is 11.3 Å². The molecule has 0 spiro atoms. The van der Waals surface area contributed by atoms with E-state index in [1.54, 1.807) is 11.8 Å². The molecule has 8 nitrogen and oxygen atoms in total. The first kappa shape index (κ1) is 21.7. The average molecular weight is 402 g/mol. The van der Waals surface area contributed by atoms with Crippen molar-refractivity contribution in [3.8, 4) is 0 Å². The fourth-order valence-corrected chi connectivity index (χ4v) is 4.65. The number of sulfone groups is 1. The normalized spacial score (nSPS) is 24.2. The smallest absolute Gasteiger partial charge is 0.244 e. The fourth-order valence-electron chi connectivity index (χ4n) is 3.45. The van der Waals surface area contributed by atoms with E-state index in [2.05, 4.69) is 5.32 Å². The highest BCUT2D eigenvalue weighted by Gasteiger charge is 2.35. The van der Waals surface area contributed by atoms with Gasteiger partial charge in [0.2, 0.25) is 17.7 Å². The minimum atomic E-state index is -3.06. The molecular formula is C18H31N3O5S. The van der Waals surface area contributed by atoms with Crippen LogP contribution in [0.3, 0.4) is 0 Å². The lowest BCUT2D eigenvalue weighted by Crippen LogP contribution is -2.54. The Labute approximate surface area is 161 Å². The summed E-state index contributed by atoms with van der Waals surface area (Å²) in [5.74, 6) is -0.873. The number of nitrogens with one attached hydrogen (secondary N) is 1. The SMILES string of the molecule is CC(NC(=O)C1CCCN(C(=O)C(C)(C)C)C1)C(=O)N1CCS(=O)(=O)CC1. The molecule has 2 atom stereocenters. The first-order valence-electron chi connectivity index (χ1n) is 9.50. The van der Waals surface area contributed by atoms with Crippen molar-refractivity contribution in [1.82, 2.24) is 15.1 Å². The van der Waals surface area contributed by atoms with Crippen LogP contribution < -0.4 is 5.32 Å². The van der Waals surface area contributed by atoms with Gasteiger partial charge in [0.25, 0.3) is 0 Å². The molecule has 0 bridgehead atoms. The number of nitrogens with zero attached hydrogens (tertiary/aromatic N) is 2. The molecule has 2 rings (SSSR count). The molecule has 27 heavy (non-hydrogen) atoms. The Morgan fingerprint density at radius 3 is 2.19 bits per heavy atom. The van der Waals surface area contributed by atoms with Crippen LogP contribution in [0.1, 0.15) is 40.5 Å². The number of hydrogen-bond donors (Lipinski definition) is 1. The highest BCUT2D eigenvalue weighted by molar-refractivity contribution is 7.91. The van der Waals surface area contributed by atoms with Crippen LogP contribution in [-0.4, -0.2) is 79.7 Å². The van der Waals surface area contributed by atoms with Gasteiger partial charge in [0.1, 0.15) is 6.04 Å². The number of hydrogen-bond acceptors (Lipinski definition) is 5. The van der Waals surface area contributed by atoms with Crippen molar-refractivity contribution < 1.29 is 22.8 Å². The van der Waals surface area contributed by atoms with Crippen LogP contribution in [0.5, 0.6) is 0 Å². The van der Waals surface area contributed by atoms with E-state index >= 15 is 0 Å². The summed E-state index contributed by atoms with van der Waals surface area (Å²) < 4.78 is 23.0. The number of likely N-dealkylation sites (tertiary alicyclic amines) is 1. The van der Waals surface area contributed by atoms with E-state index in [0.717, 1.165) is 6.42 Å². The van der Waals surface area contributed by atoms with Crippen LogP contribution in [-0.2, 0) is 24.2 Å². The predicted octanol–water partition coefficient (Wildman–Crippen LogP) is 0.0328. The molecule has 1 N–H and O–H groups in total. The molecule has 0 aromatic heterocycles. The molecular weight excluding hydrogens is 370 g/mol. The third kappa shape index (κ3) is 5.67. The maximum Gasteiger partial charge on any atom is 0.244 e. The van der Waals surface area contributed by atoms with Crippen LogP contribution in [0.25, 0.3) is 0 Å². The van der Waals surface area contributed by atoms with E-state index in [-0.39, 0.29) is 48.2 Å². The molecule has 9 heteroatoms. The minimum Gasteiger partial charge on any atom is -0.344 e. The number of piperidine rings is 1. The number of rotatable bonds is 3. The van der Waals surface area contributed by atoms with Gasteiger partial charge in [-0.15, -0.1) is 0 Å². The van der Waals surface area contributed by atoms with Crippen LogP contribution in [0.15, 0.2) is 0 Å². The second kappa shape index (κ2) is 8.16. The van der Waals surface area contributed by atoms with E-state index in [1.807, 2.05) is 20.8 Å². The molecule has 2 fully saturated rings. The van der Waals surface area contributed by atoms with E-state index in [9.17, 15) is 22.8 Å². The molecule has 2 aliphatic rings. The third-order valence-electron chi connectivity index (χ3n) is 5.11. The van der Waals surface area contributed by atoms with Gasteiger partial charge in [0.15, 0.2) is 9.84 Å². The van der Waals surface area contributed by atoms with Crippen LogP contribution in [0.2, 0.25) is 0 Å². The summed E-state index contributed by atoms with van der Waals surface area (Å²) in [5, 5.41) is 2.75. The van der Waals surface area contributed by atoms with E-state index in [1.165, 1.54) is 4.90 Å². The van der Waals surface area contributed by atoms with Crippen LogP contribution in [0.4, 0.5) is 0 Å². The Morgan fingerprint density at radius 1 is 1.04 bits per heavy atom. The highest BCUT2D eigenvalue weighted by Crippen LogP contribution is 2.23. The first-order chi connectivity index (χ1) is 12.4. The zero-order valence-electron chi connectivity index (χ0n) is 16.7. The number of carbonyl (C=O) groups excluding carboxylic acids is 3. The van der Waals surface area contributed by atoms with Gasteiger partial charge in [-0.05, 0) is 19.8 Å². The van der Waals surface area contributed by atoms with Gasteiger partial charge in [0, 0.05) is 31.6 Å². The Morgan fingerprint density at radius 2 is 1.63 bits per heavy atom. The Hall–Kier alpha value is -1.64. The van der Waals surface area contributed by atoms with E-state index < -0.39 is 21.3 Å². The standard InChI is InChI=1S/C18H31N3O5S/c1-13(16(23)20-8-10-27(25,26)11-9-20)19-15(22)14-6-5-7-21(12-14)17(24)18(2,3)4/h13-14H,5-12H2,1-4H3,(H,19,22). The summed E-state index contributed by atoms with van der Waals surface area (Å²) in [6.07, 6.45) is 1.44. The van der Waals surface area contributed by atoms with E-state index in [0.29, 0.717) is 19.5 Å². The summed E-state index contributed by atoms with van der Waals surface area (Å²) in [5.41, 5.74) is -0.490. The average Bonchev–Trinajstić information content (AvgIpc) is 2.59. The lowest BCUT2D eigenvalue weighted by Gasteiger charge is -2.36. The Kier molecular flexibility index (Phi) is 6.55. The quantitative estimate of drug-likeness (QED) is 0.719. The van der Waals surface area contributed by atoms with Crippen molar-refractivity contribution in [1.29, 1.82) is 0 Å². The van der Waals surface area contributed by atoms with Crippen molar-refractivity contribution in [2.45, 2.75) is 46.6 Å². The van der Waals surface area contributed by atoms with E-state index in [4.69, 9.17) is 0 Å². The van der Waals surface area contributed by atoms with Crippen LogP contribution >= 0.6 is 0 Å². The highest BCUT2D eigenvalue weighted by atomic mass is 32.2. The molecule has 3 amide bonds. The minimum absolute atomic E-state index is 0.0265. The Bertz CT molecular complexity index is 684. The Balaban J connectivity index is 1.90. The molecule has 2 aliphatic heterocycles. The number of amides is 3. The molecule has 0 aliphatic carbocycles. The van der Waals surface area contributed by atoms with Gasteiger partial charge in [-0.3, -0.25) is 14.4 Å². The second-order valence-corrected chi connectivity index (χ2v) is 10.9. The maximum absolute atomic E-state index is 12.6. The summed E-state index contributed by atoms with van der Waals surface area (Å²) in [7, 11) is -3.06. The van der Waals surface area contributed by atoms with Gasteiger partial charge in [-0.1, -0.05) is 20.8 Å². The third-order valence-corrected chi connectivity index (χ3v) is 6.72.